The quantitative estimate of drug-likeness (QED) is 0.568. The van der Waals surface area contributed by atoms with Crippen molar-refractivity contribution in [3.63, 3.8) is 0 Å². The molecule has 0 unspecified atom stereocenters. The zero-order valence-corrected chi connectivity index (χ0v) is 11.0. The molecule has 0 saturated heterocycles. The standard InChI is InChI=1S/C15H19NO2/c1-4-13-7-9-14(10-8-13)15(17)18-12-11-16(5-2)6-3/h1,7-10H,5-6,11-12H2,2-3H3. The summed E-state index contributed by atoms with van der Waals surface area (Å²) < 4.78 is 5.20. The van der Waals surface area contributed by atoms with Crippen molar-refractivity contribution in [2.45, 2.75) is 13.8 Å². The van der Waals surface area contributed by atoms with Gasteiger partial charge in [0.15, 0.2) is 0 Å². The smallest absolute Gasteiger partial charge is 0.338 e. The maximum atomic E-state index is 11.7. The van der Waals surface area contributed by atoms with E-state index in [2.05, 4.69) is 24.7 Å². The minimum atomic E-state index is -0.300. The first kappa shape index (κ1) is 14.3. The third kappa shape index (κ3) is 4.23. The number of likely N-dealkylation sites (N-methyl/N-ethyl adjacent to an activating group) is 1. The Morgan fingerprint density at radius 3 is 2.39 bits per heavy atom. The second-order valence-electron chi connectivity index (χ2n) is 3.88. The maximum absolute atomic E-state index is 11.7. The maximum Gasteiger partial charge on any atom is 0.338 e. The van der Waals surface area contributed by atoms with E-state index in [1.807, 2.05) is 0 Å². The van der Waals surface area contributed by atoms with Gasteiger partial charge in [0.25, 0.3) is 0 Å². The molecule has 0 saturated carbocycles. The first-order valence-corrected chi connectivity index (χ1v) is 6.17. The van der Waals surface area contributed by atoms with E-state index >= 15 is 0 Å². The predicted molar refractivity (Wildman–Crippen MR) is 72.4 cm³/mol. The number of ether oxygens (including phenoxy) is 1. The van der Waals surface area contributed by atoms with Gasteiger partial charge in [-0.1, -0.05) is 19.8 Å². The fraction of sp³-hybridized carbons (Fsp3) is 0.400. The number of hydrogen-bond acceptors (Lipinski definition) is 3. The second kappa shape index (κ2) is 7.52. The fourth-order valence-corrected chi connectivity index (χ4v) is 1.59. The Balaban J connectivity index is 2.43. The molecule has 0 amide bonds. The molecule has 1 aromatic carbocycles. The lowest BCUT2D eigenvalue weighted by Gasteiger charge is -2.17. The van der Waals surface area contributed by atoms with Crippen molar-refractivity contribution >= 4 is 5.97 Å². The monoisotopic (exact) mass is 245 g/mol. The Morgan fingerprint density at radius 1 is 1.28 bits per heavy atom. The second-order valence-corrected chi connectivity index (χ2v) is 3.88. The third-order valence-electron chi connectivity index (χ3n) is 2.82. The van der Waals surface area contributed by atoms with Crippen molar-refractivity contribution in [1.82, 2.24) is 4.90 Å². The van der Waals surface area contributed by atoms with Crippen molar-refractivity contribution in [1.29, 1.82) is 0 Å². The highest BCUT2D eigenvalue weighted by molar-refractivity contribution is 5.89. The number of rotatable bonds is 6. The minimum absolute atomic E-state index is 0.300. The van der Waals surface area contributed by atoms with Crippen molar-refractivity contribution in [2.75, 3.05) is 26.2 Å². The van der Waals surface area contributed by atoms with Crippen LogP contribution in [0, 0.1) is 12.3 Å². The molecule has 0 heterocycles. The molecule has 0 aliphatic rings. The molecular weight excluding hydrogens is 226 g/mol. The summed E-state index contributed by atoms with van der Waals surface area (Å²) in [7, 11) is 0. The van der Waals surface area contributed by atoms with Gasteiger partial charge in [0.05, 0.1) is 5.56 Å². The van der Waals surface area contributed by atoms with Crippen molar-refractivity contribution in [2.24, 2.45) is 0 Å². The van der Waals surface area contributed by atoms with Crippen LogP contribution < -0.4 is 0 Å². The third-order valence-corrected chi connectivity index (χ3v) is 2.82. The number of esters is 1. The largest absolute Gasteiger partial charge is 0.461 e. The van der Waals surface area contributed by atoms with E-state index < -0.39 is 0 Å². The van der Waals surface area contributed by atoms with Crippen molar-refractivity contribution in [3.8, 4) is 12.3 Å². The zero-order chi connectivity index (χ0) is 13.4. The molecule has 0 aromatic heterocycles. The molecule has 0 aliphatic heterocycles. The molecule has 0 fully saturated rings. The van der Waals surface area contributed by atoms with Gasteiger partial charge in [0, 0.05) is 12.1 Å². The highest BCUT2D eigenvalue weighted by Crippen LogP contribution is 2.05. The molecular formula is C15H19NO2. The van der Waals surface area contributed by atoms with E-state index in [1.54, 1.807) is 24.3 Å². The summed E-state index contributed by atoms with van der Waals surface area (Å²) in [5, 5.41) is 0. The summed E-state index contributed by atoms with van der Waals surface area (Å²) in [5.41, 5.74) is 1.29. The molecule has 18 heavy (non-hydrogen) atoms. The van der Waals surface area contributed by atoms with Crippen LogP contribution in [-0.2, 0) is 4.74 Å². The van der Waals surface area contributed by atoms with E-state index in [4.69, 9.17) is 11.2 Å². The first-order valence-electron chi connectivity index (χ1n) is 6.17. The molecule has 0 radical (unpaired) electrons. The Kier molecular flexibility index (Phi) is 5.96. The van der Waals surface area contributed by atoms with E-state index in [0.29, 0.717) is 12.2 Å². The molecule has 96 valence electrons. The average Bonchev–Trinajstić information content (AvgIpc) is 2.43. The van der Waals surface area contributed by atoms with Crippen LogP contribution in [-0.4, -0.2) is 37.1 Å². The highest BCUT2D eigenvalue weighted by Gasteiger charge is 2.07. The SMILES string of the molecule is C#Cc1ccc(C(=O)OCCN(CC)CC)cc1. The number of nitrogens with zero attached hydrogens (tertiary/aromatic N) is 1. The van der Waals surface area contributed by atoms with Crippen LogP contribution in [0.4, 0.5) is 0 Å². The summed E-state index contributed by atoms with van der Waals surface area (Å²) in [6, 6.07) is 6.85. The average molecular weight is 245 g/mol. The molecule has 1 aromatic rings. The molecule has 0 N–H and O–H groups in total. The van der Waals surface area contributed by atoms with Crippen LogP contribution in [0.5, 0.6) is 0 Å². The normalized spacial score (nSPS) is 10.1. The summed E-state index contributed by atoms with van der Waals surface area (Å²) in [4.78, 5) is 13.9. The van der Waals surface area contributed by atoms with Gasteiger partial charge in [-0.2, -0.15) is 0 Å². The van der Waals surface area contributed by atoms with Crippen LogP contribution >= 0.6 is 0 Å². The Hall–Kier alpha value is -1.79. The van der Waals surface area contributed by atoms with Crippen LogP contribution in [0.2, 0.25) is 0 Å². The lowest BCUT2D eigenvalue weighted by Crippen LogP contribution is -2.27. The summed E-state index contributed by atoms with van der Waals surface area (Å²) >= 11 is 0. The van der Waals surface area contributed by atoms with Crippen LogP contribution in [0.1, 0.15) is 29.8 Å². The van der Waals surface area contributed by atoms with Crippen LogP contribution in [0.15, 0.2) is 24.3 Å². The molecule has 0 spiro atoms. The molecule has 1 rings (SSSR count). The molecule has 0 aliphatic carbocycles. The van der Waals surface area contributed by atoms with Crippen molar-refractivity contribution < 1.29 is 9.53 Å². The van der Waals surface area contributed by atoms with Gasteiger partial charge in [0.2, 0.25) is 0 Å². The topological polar surface area (TPSA) is 29.5 Å². The van der Waals surface area contributed by atoms with Gasteiger partial charge in [0.1, 0.15) is 6.61 Å². The first-order chi connectivity index (χ1) is 8.71. The number of carbonyl (C=O) groups excluding carboxylic acids is 1. The van der Waals surface area contributed by atoms with Gasteiger partial charge in [-0.15, -0.1) is 6.42 Å². The molecule has 0 atom stereocenters. The minimum Gasteiger partial charge on any atom is -0.461 e. The number of carbonyl (C=O) groups is 1. The van der Waals surface area contributed by atoms with Crippen LogP contribution in [0.3, 0.4) is 0 Å². The molecule has 0 bridgehead atoms. The lowest BCUT2D eigenvalue weighted by atomic mass is 10.1. The summed E-state index contributed by atoms with van der Waals surface area (Å²) in [5.74, 6) is 2.21. The number of benzene rings is 1. The van der Waals surface area contributed by atoms with Gasteiger partial charge >= 0.3 is 5.97 Å². The number of hydrogen-bond donors (Lipinski definition) is 0. The summed E-state index contributed by atoms with van der Waals surface area (Å²) in [6.45, 7) is 7.28. The Morgan fingerprint density at radius 2 is 1.89 bits per heavy atom. The number of terminal acetylenes is 1. The molecule has 3 heteroatoms. The molecule has 3 nitrogen and oxygen atoms in total. The van der Waals surface area contributed by atoms with Crippen molar-refractivity contribution in [3.05, 3.63) is 35.4 Å². The predicted octanol–water partition coefficient (Wildman–Crippen LogP) is 2.17. The summed E-state index contributed by atoms with van der Waals surface area (Å²) in [6.07, 6.45) is 5.25. The van der Waals surface area contributed by atoms with Gasteiger partial charge < -0.3 is 9.64 Å². The van der Waals surface area contributed by atoms with Gasteiger partial charge in [-0.05, 0) is 37.4 Å². The van der Waals surface area contributed by atoms with Crippen LogP contribution in [0.25, 0.3) is 0 Å². The van der Waals surface area contributed by atoms with Gasteiger partial charge in [-0.25, -0.2) is 4.79 Å². The van der Waals surface area contributed by atoms with E-state index in [9.17, 15) is 4.79 Å². The van der Waals surface area contributed by atoms with E-state index in [1.165, 1.54) is 0 Å². The Bertz CT molecular complexity index is 413. The van der Waals surface area contributed by atoms with Gasteiger partial charge in [-0.3, -0.25) is 0 Å². The highest BCUT2D eigenvalue weighted by atomic mass is 16.5. The van der Waals surface area contributed by atoms with E-state index in [0.717, 1.165) is 25.2 Å². The van der Waals surface area contributed by atoms with E-state index in [-0.39, 0.29) is 5.97 Å². The Labute approximate surface area is 109 Å². The lowest BCUT2D eigenvalue weighted by molar-refractivity contribution is 0.0466. The zero-order valence-electron chi connectivity index (χ0n) is 11.0. The fourth-order valence-electron chi connectivity index (χ4n) is 1.59.